The Hall–Kier alpha value is -2.43. The minimum absolute atomic E-state index is 0.307. The van der Waals surface area contributed by atoms with Gasteiger partial charge in [-0.2, -0.15) is 0 Å². The zero-order chi connectivity index (χ0) is 13.7. The van der Waals surface area contributed by atoms with Crippen LogP contribution in [-0.4, -0.2) is 27.6 Å². The highest BCUT2D eigenvalue weighted by molar-refractivity contribution is 5.87. The Kier molecular flexibility index (Phi) is 4.07. The molecular formula is C14H15N3O2. The van der Waals surface area contributed by atoms with E-state index in [1.54, 1.807) is 24.5 Å². The number of nitrogens with zero attached hydrogens (tertiary/aromatic N) is 2. The third-order valence-electron chi connectivity index (χ3n) is 2.79. The highest BCUT2D eigenvalue weighted by Gasteiger charge is 2.02. The van der Waals surface area contributed by atoms with Crippen LogP contribution in [-0.2, 0) is 6.42 Å². The highest BCUT2D eigenvalue weighted by Crippen LogP contribution is 2.08. The molecule has 0 saturated carbocycles. The van der Waals surface area contributed by atoms with Crippen LogP contribution < -0.4 is 5.32 Å². The van der Waals surface area contributed by atoms with E-state index in [0.29, 0.717) is 5.56 Å². The molecule has 0 amide bonds. The second kappa shape index (κ2) is 5.95. The average Bonchev–Trinajstić information content (AvgIpc) is 2.41. The lowest BCUT2D eigenvalue weighted by Crippen LogP contribution is -2.08. The largest absolute Gasteiger partial charge is 0.478 e. The number of carbonyl (C=O) groups is 1. The van der Waals surface area contributed by atoms with Crippen molar-refractivity contribution in [1.82, 2.24) is 9.97 Å². The van der Waals surface area contributed by atoms with Crippen molar-refractivity contribution in [1.29, 1.82) is 0 Å². The molecule has 2 N–H and O–H groups in total. The summed E-state index contributed by atoms with van der Waals surface area (Å²) < 4.78 is 0. The summed E-state index contributed by atoms with van der Waals surface area (Å²) in [5.41, 5.74) is 2.25. The summed E-state index contributed by atoms with van der Waals surface area (Å²) in [5.74, 6) is -0.121. The van der Waals surface area contributed by atoms with Crippen LogP contribution >= 0.6 is 0 Å². The molecule has 0 bridgehead atoms. The van der Waals surface area contributed by atoms with Crippen LogP contribution in [0, 0.1) is 6.92 Å². The molecular weight excluding hydrogens is 242 g/mol. The Balaban J connectivity index is 1.89. The molecule has 1 aromatic carbocycles. The summed E-state index contributed by atoms with van der Waals surface area (Å²) in [4.78, 5) is 19.1. The predicted octanol–water partition coefficient (Wildman–Crippen LogP) is 2.14. The fraction of sp³-hybridized carbons (Fsp3) is 0.214. The molecule has 0 aliphatic carbocycles. The number of rotatable bonds is 5. The summed E-state index contributed by atoms with van der Waals surface area (Å²) >= 11 is 0. The fourth-order valence-corrected chi connectivity index (χ4v) is 1.72. The minimum Gasteiger partial charge on any atom is -0.478 e. The van der Waals surface area contributed by atoms with E-state index in [4.69, 9.17) is 5.11 Å². The van der Waals surface area contributed by atoms with Crippen molar-refractivity contribution >= 4 is 11.8 Å². The summed E-state index contributed by atoms with van der Waals surface area (Å²) in [6.07, 6.45) is 4.11. The second-order valence-electron chi connectivity index (χ2n) is 4.17. The first-order valence-electron chi connectivity index (χ1n) is 6.00. The lowest BCUT2D eigenvalue weighted by atomic mass is 10.1. The van der Waals surface area contributed by atoms with Crippen molar-refractivity contribution in [2.75, 3.05) is 11.9 Å². The normalized spacial score (nSPS) is 10.2. The van der Waals surface area contributed by atoms with E-state index >= 15 is 0 Å². The third kappa shape index (κ3) is 3.51. The van der Waals surface area contributed by atoms with E-state index in [2.05, 4.69) is 15.3 Å². The first kappa shape index (κ1) is 13.0. The van der Waals surface area contributed by atoms with Gasteiger partial charge in [-0.25, -0.2) is 9.78 Å². The van der Waals surface area contributed by atoms with Crippen molar-refractivity contribution < 1.29 is 9.90 Å². The summed E-state index contributed by atoms with van der Waals surface area (Å²) in [6, 6.07) is 6.89. The van der Waals surface area contributed by atoms with Gasteiger partial charge in [-0.1, -0.05) is 12.1 Å². The van der Waals surface area contributed by atoms with E-state index in [0.717, 1.165) is 30.0 Å². The van der Waals surface area contributed by atoms with Gasteiger partial charge in [0, 0.05) is 18.9 Å². The number of aromatic carboxylic acids is 1. The maximum absolute atomic E-state index is 10.7. The second-order valence-corrected chi connectivity index (χ2v) is 4.17. The van der Waals surface area contributed by atoms with Crippen LogP contribution in [0.3, 0.4) is 0 Å². The van der Waals surface area contributed by atoms with Gasteiger partial charge in [0.2, 0.25) is 0 Å². The Bertz CT molecular complexity index is 567. The third-order valence-corrected chi connectivity index (χ3v) is 2.79. The molecule has 5 heteroatoms. The molecule has 2 aromatic rings. The summed E-state index contributed by atoms with van der Waals surface area (Å²) in [6.45, 7) is 2.63. The van der Waals surface area contributed by atoms with E-state index < -0.39 is 5.97 Å². The van der Waals surface area contributed by atoms with Gasteiger partial charge in [-0.05, 0) is 31.0 Å². The number of hydrogen-bond acceptors (Lipinski definition) is 4. The van der Waals surface area contributed by atoms with Gasteiger partial charge in [0.15, 0.2) is 0 Å². The lowest BCUT2D eigenvalue weighted by molar-refractivity contribution is 0.0697. The van der Waals surface area contributed by atoms with Gasteiger partial charge >= 0.3 is 5.97 Å². The van der Waals surface area contributed by atoms with Crippen LogP contribution in [0.4, 0.5) is 5.82 Å². The summed E-state index contributed by atoms with van der Waals surface area (Å²) in [7, 11) is 0. The molecule has 0 spiro atoms. The number of carboxylic acids is 1. The van der Waals surface area contributed by atoms with Gasteiger partial charge in [-0.15, -0.1) is 0 Å². The minimum atomic E-state index is -0.903. The molecule has 19 heavy (non-hydrogen) atoms. The van der Waals surface area contributed by atoms with Crippen molar-refractivity contribution in [3.8, 4) is 0 Å². The molecule has 0 fully saturated rings. The van der Waals surface area contributed by atoms with Gasteiger partial charge in [-0.3, -0.25) is 4.98 Å². The topological polar surface area (TPSA) is 75.1 Å². The maximum Gasteiger partial charge on any atom is 0.335 e. The molecule has 1 heterocycles. The van der Waals surface area contributed by atoms with Crippen LogP contribution in [0.5, 0.6) is 0 Å². The molecule has 0 aliphatic rings. The standard InChI is InChI=1S/C14H15N3O2/c1-10-13(17-9-8-15-10)16-7-6-11-2-4-12(5-3-11)14(18)19/h2-5,8-9H,6-7H2,1H3,(H,16,17)(H,18,19). The van der Waals surface area contributed by atoms with Crippen LogP contribution in [0.1, 0.15) is 21.6 Å². The molecule has 0 radical (unpaired) electrons. The molecule has 1 aromatic heterocycles. The van der Waals surface area contributed by atoms with Gasteiger partial charge in [0.05, 0.1) is 11.3 Å². The lowest BCUT2D eigenvalue weighted by Gasteiger charge is -2.07. The smallest absolute Gasteiger partial charge is 0.335 e. The highest BCUT2D eigenvalue weighted by atomic mass is 16.4. The fourth-order valence-electron chi connectivity index (χ4n) is 1.72. The van der Waals surface area contributed by atoms with Crippen molar-refractivity contribution in [2.24, 2.45) is 0 Å². The van der Waals surface area contributed by atoms with Gasteiger partial charge < -0.3 is 10.4 Å². The zero-order valence-electron chi connectivity index (χ0n) is 10.6. The number of nitrogens with one attached hydrogen (secondary N) is 1. The SMILES string of the molecule is Cc1nccnc1NCCc1ccc(C(=O)O)cc1. The Morgan fingerprint density at radius 2 is 1.89 bits per heavy atom. The number of hydrogen-bond donors (Lipinski definition) is 2. The average molecular weight is 257 g/mol. The Labute approximate surface area is 111 Å². The zero-order valence-corrected chi connectivity index (χ0v) is 10.6. The number of carboxylic acid groups (broad SMARTS) is 1. The van der Waals surface area contributed by atoms with Crippen molar-refractivity contribution in [2.45, 2.75) is 13.3 Å². The van der Waals surface area contributed by atoms with Gasteiger partial charge in [0.1, 0.15) is 5.82 Å². The number of aryl methyl sites for hydroxylation is 1. The summed E-state index contributed by atoms with van der Waals surface area (Å²) in [5, 5.41) is 12.0. The first-order chi connectivity index (χ1) is 9.16. The van der Waals surface area contributed by atoms with E-state index in [1.807, 2.05) is 19.1 Å². The molecule has 0 aliphatic heterocycles. The molecule has 98 valence electrons. The number of aromatic nitrogens is 2. The molecule has 2 rings (SSSR count). The Morgan fingerprint density at radius 1 is 1.21 bits per heavy atom. The van der Waals surface area contributed by atoms with E-state index in [1.165, 1.54) is 0 Å². The van der Waals surface area contributed by atoms with E-state index in [-0.39, 0.29) is 0 Å². The van der Waals surface area contributed by atoms with E-state index in [9.17, 15) is 4.79 Å². The quantitative estimate of drug-likeness (QED) is 0.858. The monoisotopic (exact) mass is 257 g/mol. The number of benzene rings is 1. The molecule has 0 unspecified atom stereocenters. The molecule has 5 nitrogen and oxygen atoms in total. The molecule has 0 atom stereocenters. The number of anilines is 1. The van der Waals surface area contributed by atoms with Crippen LogP contribution in [0.15, 0.2) is 36.7 Å². The van der Waals surface area contributed by atoms with Crippen LogP contribution in [0.25, 0.3) is 0 Å². The molecule has 0 saturated heterocycles. The predicted molar refractivity (Wildman–Crippen MR) is 72.4 cm³/mol. The maximum atomic E-state index is 10.7. The first-order valence-corrected chi connectivity index (χ1v) is 6.00. The van der Waals surface area contributed by atoms with Crippen molar-refractivity contribution in [3.05, 3.63) is 53.5 Å². The van der Waals surface area contributed by atoms with Crippen LogP contribution in [0.2, 0.25) is 0 Å². The van der Waals surface area contributed by atoms with Gasteiger partial charge in [0.25, 0.3) is 0 Å². The Morgan fingerprint density at radius 3 is 2.53 bits per heavy atom. The van der Waals surface area contributed by atoms with Crippen molar-refractivity contribution in [3.63, 3.8) is 0 Å².